The number of amides is 3. The topological polar surface area (TPSA) is 176 Å². The summed E-state index contributed by atoms with van der Waals surface area (Å²) in [7, 11) is 1.60. The molecule has 9 rings (SSSR count). The highest BCUT2D eigenvalue weighted by Crippen LogP contribution is 2.35. The fourth-order valence-corrected chi connectivity index (χ4v) is 10.8. The first-order chi connectivity index (χ1) is 40.5. The average Bonchev–Trinajstić information content (AvgIpc) is 3.66. The van der Waals surface area contributed by atoms with Crippen molar-refractivity contribution in [2.45, 2.75) is 51.5 Å². The number of halogens is 2. The van der Waals surface area contributed by atoms with E-state index >= 15 is 8.63 Å². The van der Waals surface area contributed by atoms with E-state index in [1.54, 1.807) is 98.2 Å². The first kappa shape index (κ1) is 59.9. The normalized spacial score (nSPS) is 14.6. The van der Waals surface area contributed by atoms with Crippen LogP contribution in [0, 0.1) is 0 Å². The zero-order chi connectivity index (χ0) is 57.8. The van der Waals surface area contributed by atoms with Gasteiger partial charge >= 0.3 is 6.97 Å². The van der Waals surface area contributed by atoms with Crippen LogP contribution >= 0.6 is 11.3 Å². The Morgan fingerprint density at radius 1 is 0.711 bits per heavy atom. The van der Waals surface area contributed by atoms with Crippen molar-refractivity contribution in [2.75, 3.05) is 99.2 Å². The van der Waals surface area contributed by atoms with Crippen LogP contribution in [0.4, 0.5) is 8.63 Å². The van der Waals surface area contributed by atoms with Gasteiger partial charge in [0.05, 0.1) is 58.2 Å². The van der Waals surface area contributed by atoms with Crippen LogP contribution in [0.5, 0.6) is 17.2 Å². The molecule has 1 fully saturated rings. The molecule has 0 unspecified atom stereocenters. The van der Waals surface area contributed by atoms with Crippen molar-refractivity contribution in [3.05, 3.63) is 153 Å². The maximum atomic E-state index is 16.1. The smallest absolute Gasteiger partial charge is 0.497 e. The Kier molecular flexibility index (Phi) is 21.7. The van der Waals surface area contributed by atoms with Crippen LogP contribution in [0.3, 0.4) is 0 Å². The molecule has 1 saturated heterocycles. The molecule has 3 aromatic carbocycles. The molecule has 0 spiro atoms. The molecule has 0 atom stereocenters. The number of fused-ring (bicyclic) bond motifs is 3. The summed E-state index contributed by atoms with van der Waals surface area (Å²) < 4.78 is 70.4. The number of carbonyl (C=O) groups excluding carboxylic acids is 4. The van der Waals surface area contributed by atoms with Crippen molar-refractivity contribution in [1.29, 1.82) is 0 Å². The zero-order valence-electron chi connectivity index (χ0n) is 46.9. The van der Waals surface area contributed by atoms with E-state index in [0.717, 1.165) is 76.1 Å². The Hall–Kier alpha value is -7.69. The summed E-state index contributed by atoms with van der Waals surface area (Å²) in [6.07, 6.45) is 14.9. The lowest BCUT2D eigenvalue weighted by Gasteiger charge is -2.30. The van der Waals surface area contributed by atoms with Crippen molar-refractivity contribution in [2.24, 2.45) is 0 Å². The van der Waals surface area contributed by atoms with Gasteiger partial charge in [-0.05, 0) is 115 Å². The Balaban J connectivity index is 0.559. The highest BCUT2D eigenvalue weighted by atomic mass is 32.1. The number of ether oxygens (including phenoxy) is 6. The third-order valence-corrected chi connectivity index (χ3v) is 15.4. The summed E-state index contributed by atoms with van der Waals surface area (Å²) in [5.74, 6) is 1.40. The van der Waals surface area contributed by atoms with Crippen LogP contribution in [0.25, 0.3) is 29.1 Å². The van der Waals surface area contributed by atoms with Crippen molar-refractivity contribution in [3.8, 4) is 17.2 Å². The number of methoxy groups -OCH3 is 1. The Labute approximate surface area is 486 Å². The summed E-state index contributed by atoms with van der Waals surface area (Å²) in [6, 6.07) is 27.2. The van der Waals surface area contributed by atoms with Gasteiger partial charge in [-0.2, -0.15) is 0 Å². The predicted molar refractivity (Wildman–Crippen MR) is 319 cm³/mol. The second kappa shape index (κ2) is 30.0. The second-order valence-corrected chi connectivity index (χ2v) is 21.2. The van der Waals surface area contributed by atoms with Crippen LogP contribution < -0.4 is 30.2 Å². The van der Waals surface area contributed by atoms with Crippen LogP contribution in [0.15, 0.2) is 120 Å². The number of nitrogens with one attached hydrogen (secondary N) is 3. The fourth-order valence-electron chi connectivity index (χ4n) is 10.1. The van der Waals surface area contributed by atoms with Gasteiger partial charge in [0.15, 0.2) is 23.8 Å². The molecule has 0 aliphatic carbocycles. The van der Waals surface area contributed by atoms with Gasteiger partial charge < -0.3 is 66.5 Å². The zero-order valence-corrected chi connectivity index (χ0v) is 47.7. The molecule has 3 aromatic heterocycles. The second-order valence-electron chi connectivity index (χ2n) is 20.3. The summed E-state index contributed by atoms with van der Waals surface area (Å²) >= 11 is 1.43. The van der Waals surface area contributed by atoms with E-state index in [9.17, 15) is 19.2 Å². The van der Waals surface area contributed by atoms with Crippen molar-refractivity contribution < 1.29 is 60.7 Å². The van der Waals surface area contributed by atoms with E-state index in [0.29, 0.717) is 142 Å². The predicted octanol–water partition coefficient (Wildman–Crippen LogP) is 8.47. The Morgan fingerprint density at radius 2 is 1.42 bits per heavy atom. The van der Waals surface area contributed by atoms with Gasteiger partial charge in [0.2, 0.25) is 11.8 Å². The molecule has 3 aliphatic heterocycles. The molecule has 21 heteroatoms. The lowest BCUT2D eigenvalue weighted by molar-refractivity contribution is -0.360. The number of ketones is 1. The molecule has 0 saturated carbocycles. The maximum Gasteiger partial charge on any atom is 0.737 e. The first-order valence-corrected chi connectivity index (χ1v) is 29.4. The lowest BCUT2D eigenvalue weighted by atomic mass is 9.90. The molecule has 17 nitrogen and oxygen atoms in total. The SMILES string of the molecule is COc1ccc(C(=O)c2cn(CCN3CCOCC3)c3ccc(OCCCCC(=O)NCCOCCOCCNC(=O)CCCCCNC(=O)COc4ccc(/C=C/c5ccc6n5[B-](F)(F)[N+]5=C(c7cccs7)C=CC5=C6)cc4)cc23)cc1. The van der Waals surface area contributed by atoms with Gasteiger partial charge in [-0.15, -0.1) is 11.3 Å². The third kappa shape index (κ3) is 16.5. The van der Waals surface area contributed by atoms with Crippen molar-refractivity contribution in [1.82, 2.24) is 29.9 Å². The van der Waals surface area contributed by atoms with Gasteiger partial charge in [0.1, 0.15) is 17.2 Å². The largest absolute Gasteiger partial charge is 0.737 e. The van der Waals surface area contributed by atoms with Gasteiger partial charge in [0.25, 0.3) is 5.91 Å². The van der Waals surface area contributed by atoms with Crippen molar-refractivity contribution in [3.63, 3.8) is 0 Å². The van der Waals surface area contributed by atoms with Crippen LogP contribution in [-0.4, -0.2) is 154 Å². The molecule has 0 bridgehead atoms. The van der Waals surface area contributed by atoms with Crippen LogP contribution in [-0.2, 0) is 35.1 Å². The summed E-state index contributed by atoms with van der Waals surface area (Å²) in [4.78, 5) is 54.1. The first-order valence-electron chi connectivity index (χ1n) is 28.5. The van der Waals surface area contributed by atoms with E-state index in [-0.39, 0.29) is 30.1 Å². The Morgan fingerprint density at radius 3 is 2.14 bits per heavy atom. The highest BCUT2D eigenvalue weighted by molar-refractivity contribution is 7.12. The molecule has 3 amide bonds. The number of hydrogen-bond acceptors (Lipinski definition) is 12. The van der Waals surface area contributed by atoms with Gasteiger partial charge in [-0.1, -0.05) is 30.7 Å². The highest BCUT2D eigenvalue weighted by Gasteiger charge is 2.52. The lowest BCUT2D eigenvalue weighted by Crippen LogP contribution is -2.50. The molecular weight excluding hydrogens is 1080 g/mol. The number of rotatable bonds is 33. The van der Waals surface area contributed by atoms with Crippen LogP contribution in [0.2, 0.25) is 0 Å². The number of allylic oxidation sites excluding steroid dienone is 2. The van der Waals surface area contributed by atoms with Crippen molar-refractivity contribution >= 4 is 76.7 Å². The number of nitrogens with zero attached hydrogens (tertiary/aromatic N) is 4. The van der Waals surface area contributed by atoms with E-state index in [1.807, 2.05) is 41.9 Å². The van der Waals surface area contributed by atoms with E-state index in [2.05, 4.69) is 25.4 Å². The van der Waals surface area contributed by atoms with Gasteiger partial charge in [0, 0.05) is 116 Å². The molecule has 438 valence electrons. The summed E-state index contributed by atoms with van der Waals surface area (Å²) in [5.41, 5.74) is 4.74. The van der Waals surface area contributed by atoms with Gasteiger partial charge in [-0.25, -0.2) is 0 Å². The Bertz CT molecular complexity index is 3280. The molecule has 3 N–H and O–H groups in total. The third-order valence-electron chi connectivity index (χ3n) is 14.5. The number of thiophene rings is 1. The van der Waals surface area contributed by atoms with Gasteiger partial charge in [-0.3, -0.25) is 24.1 Å². The number of carbonyl (C=O) groups is 4. The molecule has 6 heterocycles. The summed E-state index contributed by atoms with van der Waals surface area (Å²) in [6.45, 7) is 3.61. The number of unbranched alkanes of at least 4 members (excludes halogenated alkanes) is 3. The molecule has 83 heavy (non-hydrogen) atoms. The number of benzene rings is 3. The number of morpholine rings is 1. The van der Waals surface area contributed by atoms with Crippen LogP contribution in [0.1, 0.15) is 82.7 Å². The van der Waals surface area contributed by atoms with E-state index in [1.165, 1.54) is 11.3 Å². The molecular formula is C62H72BF2N7O10S. The maximum absolute atomic E-state index is 16.1. The molecule has 0 radical (unpaired) electrons. The fraction of sp³-hybridized carbons (Fsp3) is 0.371. The molecule has 6 aromatic rings. The number of aromatic nitrogens is 2. The monoisotopic (exact) mass is 1160 g/mol. The molecule has 3 aliphatic rings. The van der Waals surface area contributed by atoms with E-state index < -0.39 is 6.97 Å². The quantitative estimate of drug-likeness (QED) is 0.0205. The summed E-state index contributed by atoms with van der Waals surface area (Å²) in [5, 5.41) is 11.3. The minimum Gasteiger partial charge on any atom is -0.497 e. The minimum atomic E-state index is -4.13. The standard InChI is InChI=1S/C62H72BF2N7O10S/c1-77-51-22-14-47(15-23-51)62(76)55-44-70(31-30-69-32-37-80-38-33-69)56-26-24-53(43-54(55)56)81-34-6-4-10-60(74)68-29-36-79-40-39-78-35-28-67-59(73)9-3-2-5-27-66-61(75)45-82-52-20-12-46(13-21-52)11-16-48-17-18-49-42-50-19-25-57(58-8-7-41-83-58)72(50)63(64,65)71(48)49/h7-8,11-26,41-44H,2-6,9-10,27-40,45H2,1H3,(H,66,75)(H,67,73)(H,68,74)/b16-11+. The van der Waals surface area contributed by atoms with E-state index in [4.69, 9.17) is 28.4 Å². The minimum absolute atomic E-state index is 0.0593. The average molecular weight is 1160 g/mol. The number of hydrogen-bond donors (Lipinski definition) is 3.